The molecule has 1 aliphatic heterocycles. The van der Waals surface area contributed by atoms with Crippen LogP contribution in [0, 0.1) is 0 Å². The molecule has 1 heterocycles. The Hall–Kier alpha value is -1.58. The minimum atomic E-state index is 0.286. The summed E-state index contributed by atoms with van der Waals surface area (Å²) >= 11 is 0. The van der Waals surface area contributed by atoms with E-state index in [1.54, 1.807) is 0 Å². The van der Waals surface area contributed by atoms with E-state index >= 15 is 0 Å². The number of hydrogen-bond acceptors (Lipinski definition) is 2. The molecule has 0 spiro atoms. The number of rotatable bonds is 17. The molecule has 0 aromatic rings. The Balaban J connectivity index is 1.99. The highest BCUT2D eigenvalue weighted by molar-refractivity contribution is 5.78. The maximum absolute atomic E-state index is 12.3. The molecule has 0 aromatic heterocycles. The highest BCUT2D eigenvalue weighted by Gasteiger charge is 2.22. The third kappa shape index (κ3) is 13.3. The van der Waals surface area contributed by atoms with Gasteiger partial charge in [-0.15, -0.1) is 0 Å². The molecular formula is C25H44N2O2. The van der Waals surface area contributed by atoms with Crippen molar-refractivity contribution in [3.63, 3.8) is 0 Å². The molecule has 0 aromatic carbocycles. The topological polar surface area (TPSA) is 40.4 Å². The molecule has 0 N–H and O–H groups in total. The highest BCUT2D eigenvalue weighted by atomic mass is 16.2. The van der Waals surface area contributed by atoms with Crippen molar-refractivity contribution in [3.05, 3.63) is 24.3 Å². The molecule has 4 heteroatoms. The highest BCUT2D eigenvalue weighted by Crippen LogP contribution is 2.10. The zero-order valence-corrected chi connectivity index (χ0v) is 19.2. The summed E-state index contributed by atoms with van der Waals surface area (Å²) in [5.74, 6) is 0.630. The molecule has 4 nitrogen and oxygen atoms in total. The first-order valence-corrected chi connectivity index (χ1v) is 11.9. The Kier molecular flexibility index (Phi) is 14.3. The smallest absolute Gasteiger partial charge is 0.222 e. The van der Waals surface area contributed by atoms with E-state index in [0.29, 0.717) is 24.7 Å². The van der Waals surface area contributed by atoms with Gasteiger partial charge in [-0.3, -0.25) is 9.59 Å². The van der Waals surface area contributed by atoms with E-state index in [9.17, 15) is 9.59 Å². The minimum absolute atomic E-state index is 0.286. The number of hydrogen-bond donors (Lipinski definition) is 0. The number of nitrogens with zero attached hydrogens (tertiary/aromatic N) is 2. The van der Waals surface area contributed by atoms with Crippen molar-refractivity contribution in [2.45, 2.75) is 104 Å². The summed E-state index contributed by atoms with van der Waals surface area (Å²) in [7, 11) is 0. The van der Waals surface area contributed by atoms with Gasteiger partial charge in [0.15, 0.2) is 0 Å². The Bertz CT molecular complexity index is 507. The van der Waals surface area contributed by atoms with Gasteiger partial charge >= 0.3 is 0 Å². The third-order valence-electron chi connectivity index (χ3n) is 5.36. The largest absolute Gasteiger partial charge is 0.340 e. The predicted molar refractivity (Wildman–Crippen MR) is 123 cm³/mol. The van der Waals surface area contributed by atoms with Crippen LogP contribution in [0.5, 0.6) is 0 Å². The van der Waals surface area contributed by atoms with Crippen molar-refractivity contribution < 1.29 is 9.59 Å². The molecule has 1 aliphatic rings. The molecule has 1 rings (SSSR count). The van der Waals surface area contributed by atoms with Crippen molar-refractivity contribution in [3.8, 4) is 0 Å². The maximum atomic E-state index is 12.3. The molecule has 0 saturated carbocycles. The van der Waals surface area contributed by atoms with Crippen molar-refractivity contribution in [2.24, 2.45) is 0 Å². The lowest BCUT2D eigenvalue weighted by atomic mass is 10.1. The Morgan fingerprint density at radius 2 is 1.41 bits per heavy atom. The fraction of sp³-hybridized carbons (Fsp3) is 0.760. The maximum Gasteiger partial charge on any atom is 0.222 e. The predicted octanol–water partition coefficient (Wildman–Crippen LogP) is 5.88. The summed E-state index contributed by atoms with van der Waals surface area (Å²) in [5, 5.41) is 0. The number of carbonyl (C=O) groups is 2. The second-order valence-electron chi connectivity index (χ2n) is 8.43. The monoisotopic (exact) mass is 404 g/mol. The quantitative estimate of drug-likeness (QED) is 0.173. The van der Waals surface area contributed by atoms with Gasteiger partial charge in [0.25, 0.3) is 0 Å². The van der Waals surface area contributed by atoms with Gasteiger partial charge in [0, 0.05) is 38.5 Å². The van der Waals surface area contributed by atoms with E-state index in [-0.39, 0.29) is 6.04 Å². The summed E-state index contributed by atoms with van der Waals surface area (Å²) in [6.45, 7) is 9.16. The molecule has 0 bridgehead atoms. The van der Waals surface area contributed by atoms with Crippen molar-refractivity contribution in [2.75, 3.05) is 19.6 Å². The molecule has 166 valence electrons. The van der Waals surface area contributed by atoms with Gasteiger partial charge in [0.2, 0.25) is 11.8 Å². The average Bonchev–Trinajstić information content (AvgIpc) is 3.53. The van der Waals surface area contributed by atoms with Crippen LogP contribution in [-0.2, 0) is 9.59 Å². The fourth-order valence-electron chi connectivity index (χ4n) is 3.38. The van der Waals surface area contributed by atoms with Crippen LogP contribution in [-0.4, -0.2) is 47.3 Å². The van der Waals surface area contributed by atoms with Gasteiger partial charge in [-0.25, -0.2) is 0 Å². The molecule has 0 aliphatic carbocycles. The van der Waals surface area contributed by atoms with Gasteiger partial charge in [-0.1, -0.05) is 44.1 Å². The number of allylic oxidation sites excluding steroid dienone is 3. The molecule has 0 radical (unpaired) electrons. The lowest BCUT2D eigenvalue weighted by Gasteiger charge is -2.26. The van der Waals surface area contributed by atoms with Crippen molar-refractivity contribution in [1.29, 1.82) is 0 Å². The molecule has 2 amide bonds. The van der Waals surface area contributed by atoms with Gasteiger partial charge in [-0.2, -0.15) is 0 Å². The summed E-state index contributed by atoms with van der Waals surface area (Å²) in [6.07, 6.45) is 21.3. The SMILES string of the molecule is CCCCCC(=O)N(CC/C=C\CCCC/C=C\CCCC(=O)N1CC1)C(C)C. The van der Waals surface area contributed by atoms with Crippen LogP contribution in [0.3, 0.4) is 0 Å². The van der Waals surface area contributed by atoms with Crippen LogP contribution >= 0.6 is 0 Å². The van der Waals surface area contributed by atoms with Crippen molar-refractivity contribution >= 4 is 11.8 Å². The average molecular weight is 405 g/mol. The fourth-order valence-corrected chi connectivity index (χ4v) is 3.38. The first-order chi connectivity index (χ1) is 14.1. The number of carbonyl (C=O) groups excluding carboxylic acids is 2. The molecule has 29 heavy (non-hydrogen) atoms. The molecule has 0 unspecified atom stereocenters. The Morgan fingerprint density at radius 1 is 0.828 bits per heavy atom. The normalized spacial score (nSPS) is 13.7. The van der Waals surface area contributed by atoms with Crippen LogP contribution in [0.15, 0.2) is 24.3 Å². The van der Waals surface area contributed by atoms with E-state index in [0.717, 1.165) is 71.0 Å². The summed E-state index contributed by atoms with van der Waals surface area (Å²) in [5.41, 5.74) is 0. The van der Waals surface area contributed by atoms with Crippen LogP contribution in [0.4, 0.5) is 0 Å². The van der Waals surface area contributed by atoms with Crippen LogP contribution < -0.4 is 0 Å². The zero-order valence-electron chi connectivity index (χ0n) is 19.2. The van der Waals surface area contributed by atoms with Crippen LogP contribution in [0.2, 0.25) is 0 Å². The van der Waals surface area contributed by atoms with Gasteiger partial charge in [-0.05, 0) is 65.2 Å². The van der Waals surface area contributed by atoms with E-state index in [1.807, 2.05) is 9.80 Å². The van der Waals surface area contributed by atoms with E-state index in [4.69, 9.17) is 0 Å². The molecule has 1 fully saturated rings. The first-order valence-electron chi connectivity index (χ1n) is 11.9. The van der Waals surface area contributed by atoms with E-state index in [1.165, 1.54) is 12.8 Å². The first kappa shape index (κ1) is 25.5. The number of unbranched alkanes of at least 4 members (excludes halogenated alkanes) is 6. The third-order valence-corrected chi connectivity index (χ3v) is 5.36. The van der Waals surface area contributed by atoms with E-state index < -0.39 is 0 Å². The van der Waals surface area contributed by atoms with Gasteiger partial charge < -0.3 is 9.80 Å². The van der Waals surface area contributed by atoms with Crippen LogP contribution in [0.25, 0.3) is 0 Å². The Labute approximate surface area is 179 Å². The minimum Gasteiger partial charge on any atom is -0.340 e. The molecule has 1 saturated heterocycles. The Morgan fingerprint density at radius 3 is 1.97 bits per heavy atom. The second-order valence-corrected chi connectivity index (χ2v) is 8.43. The summed E-state index contributed by atoms with van der Waals surface area (Å²) in [4.78, 5) is 27.8. The van der Waals surface area contributed by atoms with Gasteiger partial charge in [0.05, 0.1) is 0 Å². The van der Waals surface area contributed by atoms with Crippen LogP contribution in [0.1, 0.15) is 97.8 Å². The van der Waals surface area contributed by atoms with Crippen molar-refractivity contribution in [1.82, 2.24) is 9.80 Å². The zero-order chi connectivity index (χ0) is 21.3. The molecular weight excluding hydrogens is 360 g/mol. The standard InChI is InChI=1S/C25H44N2O2/c1-4-5-15-19-25(29)27(23(2)3)20-17-14-12-10-8-6-7-9-11-13-16-18-24(28)26-21-22-26/h9,11-12,14,23H,4-8,10,13,15-22H2,1-3H3/b11-9-,14-12-. The summed E-state index contributed by atoms with van der Waals surface area (Å²) in [6, 6.07) is 0.286. The second kappa shape index (κ2) is 16.2. The lowest BCUT2D eigenvalue weighted by molar-refractivity contribution is -0.133. The van der Waals surface area contributed by atoms with Gasteiger partial charge in [0.1, 0.15) is 0 Å². The molecule has 0 atom stereocenters. The van der Waals surface area contributed by atoms with E-state index in [2.05, 4.69) is 45.1 Å². The summed E-state index contributed by atoms with van der Waals surface area (Å²) < 4.78 is 0. The lowest BCUT2D eigenvalue weighted by Crippen LogP contribution is -2.37. The number of amides is 2.